The predicted octanol–water partition coefficient (Wildman–Crippen LogP) is -0.761. The SMILES string of the molecule is O=C(O)C1C(CO)=CC=CC1(CO)C(=O)O. The summed E-state index contributed by atoms with van der Waals surface area (Å²) in [4.78, 5) is 22.1. The molecule has 6 nitrogen and oxygen atoms in total. The molecule has 0 heterocycles. The highest BCUT2D eigenvalue weighted by atomic mass is 16.4. The first kappa shape index (κ1) is 12.4. The first-order valence-electron chi connectivity index (χ1n) is 4.56. The maximum absolute atomic E-state index is 11.1. The molecule has 6 heteroatoms. The number of aliphatic hydroxyl groups is 2. The van der Waals surface area contributed by atoms with Crippen molar-refractivity contribution in [3.05, 3.63) is 23.8 Å². The lowest BCUT2D eigenvalue weighted by Gasteiger charge is -2.33. The van der Waals surface area contributed by atoms with Crippen LogP contribution in [0.5, 0.6) is 0 Å². The minimum atomic E-state index is -1.90. The third kappa shape index (κ3) is 1.72. The fourth-order valence-electron chi connectivity index (χ4n) is 1.80. The molecule has 0 amide bonds. The van der Waals surface area contributed by atoms with Gasteiger partial charge in [0.15, 0.2) is 0 Å². The molecule has 0 fully saturated rings. The molecule has 2 atom stereocenters. The predicted molar refractivity (Wildman–Crippen MR) is 52.6 cm³/mol. The van der Waals surface area contributed by atoms with Crippen LogP contribution in [0.1, 0.15) is 0 Å². The van der Waals surface area contributed by atoms with Gasteiger partial charge < -0.3 is 20.4 Å². The minimum Gasteiger partial charge on any atom is -0.481 e. The summed E-state index contributed by atoms with van der Waals surface area (Å²) < 4.78 is 0. The van der Waals surface area contributed by atoms with Crippen molar-refractivity contribution in [2.75, 3.05) is 13.2 Å². The Morgan fingerprint density at radius 2 is 1.94 bits per heavy atom. The van der Waals surface area contributed by atoms with Crippen molar-refractivity contribution in [2.45, 2.75) is 0 Å². The summed E-state index contributed by atoms with van der Waals surface area (Å²) in [7, 11) is 0. The van der Waals surface area contributed by atoms with Crippen LogP contribution in [0.4, 0.5) is 0 Å². The summed E-state index contributed by atoms with van der Waals surface area (Å²) in [6.07, 6.45) is 3.80. The van der Waals surface area contributed by atoms with Crippen LogP contribution in [0.25, 0.3) is 0 Å². The zero-order chi connectivity index (χ0) is 12.3. The lowest BCUT2D eigenvalue weighted by Crippen LogP contribution is -2.46. The van der Waals surface area contributed by atoms with Crippen molar-refractivity contribution in [3.63, 3.8) is 0 Å². The second-order valence-electron chi connectivity index (χ2n) is 3.53. The Bertz CT molecular complexity index is 370. The van der Waals surface area contributed by atoms with Gasteiger partial charge in [-0.3, -0.25) is 9.59 Å². The Balaban J connectivity index is 3.29. The highest BCUT2D eigenvalue weighted by Gasteiger charge is 2.50. The van der Waals surface area contributed by atoms with Crippen LogP contribution >= 0.6 is 0 Å². The second-order valence-corrected chi connectivity index (χ2v) is 3.53. The van der Waals surface area contributed by atoms with Crippen molar-refractivity contribution in [1.82, 2.24) is 0 Å². The molecule has 0 spiro atoms. The number of carboxylic acid groups (broad SMARTS) is 2. The Morgan fingerprint density at radius 1 is 1.31 bits per heavy atom. The van der Waals surface area contributed by atoms with Crippen molar-refractivity contribution in [1.29, 1.82) is 0 Å². The molecule has 0 aromatic rings. The normalized spacial score (nSPS) is 28.6. The molecular formula is C10H12O6. The second kappa shape index (κ2) is 4.46. The van der Waals surface area contributed by atoms with E-state index >= 15 is 0 Å². The molecular weight excluding hydrogens is 216 g/mol. The topological polar surface area (TPSA) is 115 Å². The Hall–Kier alpha value is -1.66. The van der Waals surface area contributed by atoms with E-state index in [1.165, 1.54) is 12.2 Å². The third-order valence-corrected chi connectivity index (χ3v) is 2.68. The van der Waals surface area contributed by atoms with Crippen LogP contribution in [0, 0.1) is 11.3 Å². The van der Waals surface area contributed by atoms with Gasteiger partial charge in [-0.15, -0.1) is 0 Å². The van der Waals surface area contributed by atoms with Crippen molar-refractivity contribution in [2.24, 2.45) is 11.3 Å². The Labute approximate surface area is 91.1 Å². The molecule has 0 bridgehead atoms. The summed E-state index contributed by atoms with van der Waals surface area (Å²) >= 11 is 0. The number of carbonyl (C=O) groups is 2. The van der Waals surface area contributed by atoms with Crippen LogP contribution < -0.4 is 0 Å². The number of allylic oxidation sites excluding steroid dienone is 2. The molecule has 16 heavy (non-hydrogen) atoms. The molecule has 1 aliphatic rings. The summed E-state index contributed by atoms with van der Waals surface area (Å²) in [5.74, 6) is -4.27. The number of aliphatic carboxylic acids is 2. The van der Waals surface area contributed by atoms with Gasteiger partial charge in [-0.2, -0.15) is 0 Å². The van der Waals surface area contributed by atoms with E-state index in [-0.39, 0.29) is 5.57 Å². The zero-order valence-electron chi connectivity index (χ0n) is 8.33. The summed E-state index contributed by atoms with van der Waals surface area (Å²) in [6.45, 7) is -1.40. The quantitative estimate of drug-likeness (QED) is 0.502. The molecule has 0 aromatic heterocycles. The first-order chi connectivity index (χ1) is 7.49. The fourth-order valence-corrected chi connectivity index (χ4v) is 1.80. The van der Waals surface area contributed by atoms with E-state index < -0.39 is 36.5 Å². The number of hydrogen-bond acceptors (Lipinski definition) is 4. The van der Waals surface area contributed by atoms with Gasteiger partial charge in [0.2, 0.25) is 0 Å². The standard InChI is InChI=1S/C10H12O6/c11-4-6-2-1-3-10(5-12,9(15)16)7(6)8(13)14/h1-3,7,11-12H,4-5H2,(H,13,14)(H,15,16). The molecule has 0 saturated heterocycles. The molecule has 4 N–H and O–H groups in total. The van der Waals surface area contributed by atoms with E-state index in [1.807, 2.05) is 0 Å². The van der Waals surface area contributed by atoms with Crippen molar-refractivity contribution in [3.8, 4) is 0 Å². The maximum atomic E-state index is 11.1. The van der Waals surface area contributed by atoms with E-state index in [4.69, 9.17) is 20.4 Å². The van der Waals surface area contributed by atoms with Crippen LogP contribution in [-0.4, -0.2) is 45.6 Å². The third-order valence-electron chi connectivity index (χ3n) is 2.68. The summed E-state index contributed by atoms with van der Waals surface area (Å²) in [5, 5.41) is 36.2. The average molecular weight is 228 g/mol. The average Bonchev–Trinajstić information content (AvgIpc) is 2.26. The number of aliphatic hydroxyl groups excluding tert-OH is 2. The van der Waals surface area contributed by atoms with Gasteiger partial charge in [-0.05, 0) is 5.57 Å². The molecule has 0 aliphatic heterocycles. The first-order valence-corrected chi connectivity index (χ1v) is 4.56. The fraction of sp³-hybridized carbons (Fsp3) is 0.400. The lowest BCUT2D eigenvalue weighted by molar-refractivity contribution is -0.160. The van der Waals surface area contributed by atoms with Crippen LogP contribution in [0.3, 0.4) is 0 Å². The molecule has 0 aromatic carbocycles. The molecule has 2 unspecified atom stereocenters. The van der Waals surface area contributed by atoms with E-state index in [0.29, 0.717) is 0 Å². The van der Waals surface area contributed by atoms with Gasteiger partial charge in [0.05, 0.1) is 13.2 Å². The van der Waals surface area contributed by atoms with Crippen molar-refractivity contribution >= 4 is 11.9 Å². The zero-order valence-corrected chi connectivity index (χ0v) is 8.33. The smallest absolute Gasteiger partial charge is 0.317 e. The summed E-state index contributed by atoms with van der Waals surface area (Å²) in [5.41, 5.74) is -1.84. The van der Waals surface area contributed by atoms with Gasteiger partial charge in [0, 0.05) is 0 Å². The Morgan fingerprint density at radius 3 is 2.31 bits per heavy atom. The molecule has 1 aliphatic carbocycles. The van der Waals surface area contributed by atoms with E-state index in [2.05, 4.69) is 0 Å². The van der Waals surface area contributed by atoms with Gasteiger partial charge in [0.1, 0.15) is 11.3 Å². The highest BCUT2D eigenvalue weighted by molar-refractivity contribution is 5.88. The minimum absolute atomic E-state index is 0.0615. The van der Waals surface area contributed by atoms with Crippen LogP contribution in [0.2, 0.25) is 0 Å². The maximum Gasteiger partial charge on any atom is 0.317 e. The largest absolute Gasteiger partial charge is 0.481 e. The molecule has 88 valence electrons. The van der Waals surface area contributed by atoms with E-state index in [1.54, 1.807) is 0 Å². The van der Waals surface area contributed by atoms with Gasteiger partial charge in [-0.25, -0.2) is 0 Å². The highest BCUT2D eigenvalue weighted by Crippen LogP contribution is 2.38. The van der Waals surface area contributed by atoms with E-state index in [0.717, 1.165) is 6.08 Å². The number of carboxylic acids is 2. The van der Waals surface area contributed by atoms with Crippen molar-refractivity contribution < 1.29 is 30.0 Å². The summed E-state index contributed by atoms with van der Waals surface area (Å²) in [6, 6.07) is 0. The van der Waals surface area contributed by atoms with Gasteiger partial charge >= 0.3 is 11.9 Å². The lowest BCUT2D eigenvalue weighted by atomic mass is 9.69. The molecule has 0 radical (unpaired) electrons. The molecule has 1 rings (SSSR count). The number of rotatable bonds is 4. The monoisotopic (exact) mass is 228 g/mol. The molecule has 0 saturated carbocycles. The van der Waals surface area contributed by atoms with Crippen LogP contribution in [-0.2, 0) is 9.59 Å². The Kier molecular flexibility index (Phi) is 3.46. The van der Waals surface area contributed by atoms with Crippen LogP contribution in [0.15, 0.2) is 23.8 Å². The number of hydrogen-bond donors (Lipinski definition) is 4. The van der Waals surface area contributed by atoms with Gasteiger partial charge in [-0.1, -0.05) is 18.2 Å². The van der Waals surface area contributed by atoms with E-state index in [9.17, 15) is 9.59 Å². The van der Waals surface area contributed by atoms with Gasteiger partial charge in [0.25, 0.3) is 0 Å².